The fraction of sp³-hybridized carbons (Fsp3) is 0.381. The van der Waals surface area contributed by atoms with E-state index in [-0.39, 0.29) is 24.3 Å². The van der Waals surface area contributed by atoms with Crippen LogP contribution in [0, 0.1) is 24.4 Å². The van der Waals surface area contributed by atoms with Gasteiger partial charge < -0.3 is 25.4 Å². The molecule has 2 aliphatic heterocycles. The molecule has 12 heteroatoms. The summed E-state index contributed by atoms with van der Waals surface area (Å²) >= 11 is 1.49. The first kappa shape index (κ1) is 21.8. The summed E-state index contributed by atoms with van der Waals surface area (Å²) in [4.78, 5) is 23.6. The van der Waals surface area contributed by atoms with E-state index in [0.29, 0.717) is 36.0 Å². The van der Waals surface area contributed by atoms with E-state index in [1.165, 1.54) is 11.8 Å². The van der Waals surface area contributed by atoms with Gasteiger partial charge in [-0.2, -0.15) is 4.98 Å². The second-order valence-electron chi connectivity index (χ2n) is 8.28. The quantitative estimate of drug-likeness (QED) is 0.544. The molecule has 0 radical (unpaired) electrons. The van der Waals surface area contributed by atoms with E-state index in [4.69, 9.17) is 4.74 Å². The number of carbonyl (C=O) groups excluding carboxylic acids is 1. The Labute approximate surface area is 191 Å². The molecule has 3 N–H and O–H groups in total. The van der Waals surface area contributed by atoms with E-state index >= 15 is 0 Å². The van der Waals surface area contributed by atoms with Gasteiger partial charge in [-0.25, -0.2) is 18.2 Å². The minimum Gasteiger partial charge on any atom is -0.482 e. The van der Waals surface area contributed by atoms with Crippen LogP contribution in [0.15, 0.2) is 22.4 Å². The van der Waals surface area contributed by atoms with Crippen molar-refractivity contribution in [1.29, 1.82) is 0 Å². The highest BCUT2D eigenvalue weighted by molar-refractivity contribution is 8.12. The lowest BCUT2D eigenvalue weighted by Gasteiger charge is -2.46. The molecule has 0 spiro atoms. The first-order valence-electron chi connectivity index (χ1n) is 10.2. The highest BCUT2D eigenvalue weighted by Crippen LogP contribution is 2.55. The average Bonchev–Trinajstić information content (AvgIpc) is 3.57. The SMILES string of the molecule is Cc1nc(NC2CC(Oc3cc(F)c(F)c(F)c3)(C3=CS3)C2)nc2c1NC(=O)[C@H](CO)N2C. The average molecular weight is 479 g/mol. The summed E-state index contributed by atoms with van der Waals surface area (Å²) in [5.41, 5.74) is 0.303. The Morgan fingerprint density at radius 3 is 2.58 bits per heavy atom. The molecule has 0 unspecified atom stereocenters. The molecular formula is C21H20F3N5O3S. The number of rotatable bonds is 6. The highest BCUT2D eigenvalue weighted by atomic mass is 32.2. The standard InChI is InChI=1S/C21H20F3N5O3S/c1-9-17-18(29(2)14(7-30)19(31)27-17)28-20(25-9)26-10-5-21(6-10,15-8-33-15)32-11-3-12(22)16(24)13(23)4-11/h3-4,8,10,14,30H,5-7H2,1-2H3,(H,27,31)(H,25,26,28)/t10?,14-,21?/m0/s1. The number of nitrogens with zero attached hydrogens (tertiary/aromatic N) is 3. The van der Waals surface area contributed by atoms with Gasteiger partial charge in [-0.1, -0.05) is 11.8 Å². The van der Waals surface area contributed by atoms with E-state index in [2.05, 4.69) is 20.6 Å². The Bertz CT molecular complexity index is 1160. The molecule has 3 heterocycles. The third kappa shape index (κ3) is 3.76. The number of hydrogen-bond donors (Lipinski definition) is 3. The Balaban J connectivity index is 1.32. The molecule has 5 rings (SSSR count). The number of ether oxygens (including phenoxy) is 1. The van der Waals surface area contributed by atoms with Gasteiger partial charge in [0.05, 0.1) is 12.3 Å². The number of benzene rings is 1. The summed E-state index contributed by atoms with van der Waals surface area (Å²) in [5.74, 6) is -3.71. The molecule has 174 valence electrons. The Morgan fingerprint density at radius 2 is 1.97 bits per heavy atom. The zero-order valence-corrected chi connectivity index (χ0v) is 18.5. The molecule has 2 aromatic rings. The van der Waals surface area contributed by atoms with Gasteiger partial charge in [0.2, 0.25) is 11.9 Å². The van der Waals surface area contributed by atoms with E-state index in [1.807, 2.05) is 5.41 Å². The van der Waals surface area contributed by atoms with Crippen LogP contribution in [0.3, 0.4) is 0 Å². The minimum atomic E-state index is -1.53. The number of nitrogens with one attached hydrogen (secondary N) is 2. The molecule has 1 fully saturated rings. The van der Waals surface area contributed by atoms with Crippen LogP contribution in [0.25, 0.3) is 0 Å². The maximum atomic E-state index is 13.6. The number of aliphatic hydroxyl groups is 1. The number of carbonyl (C=O) groups is 1. The van der Waals surface area contributed by atoms with Gasteiger partial charge in [-0.15, -0.1) is 0 Å². The topological polar surface area (TPSA) is 99.6 Å². The van der Waals surface area contributed by atoms with Crippen molar-refractivity contribution in [2.45, 2.75) is 37.5 Å². The molecule has 1 saturated carbocycles. The molecule has 1 amide bonds. The number of aromatic nitrogens is 2. The maximum absolute atomic E-state index is 13.6. The lowest BCUT2D eigenvalue weighted by atomic mass is 9.75. The molecule has 1 aromatic carbocycles. The number of aliphatic hydroxyl groups excluding tert-OH is 1. The zero-order valence-electron chi connectivity index (χ0n) is 17.7. The van der Waals surface area contributed by atoms with Gasteiger partial charge in [0.1, 0.15) is 23.1 Å². The fourth-order valence-corrected chi connectivity index (χ4v) is 4.87. The number of halogens is 3. The van der Waals surface area contributed by atoms with Crippen molar-refractivity contribution in [1.82, 2.24) is 9.97 Å². The first-order valence-corrected chi connectivity index (χ1v) is 11.1. The lowest BCUT2D eigenvalue weighted by Crippen LogP contribution is -2.54. The van der Waals surface area contributed by atoms with Crippen molar-refractivity contribution >= 4 is 35.1 Å². The lowest BCUT2D eigenvalue weighted by molar-refractivity contribution is -0.118. The number of anilines is 3. The summed E-state index contributed by atoms with van der Waals surface area (Å²) < 4.78 is 46.4. The van der Waals surface area contributed by atoms with Crippen molar-refractivity contribution in [2.75, 3.05) is 29.2 Å². The van der Waals surface area contributed by atoms with Crippen molar-refractivity contribution in [3.05, 3.63) is 45.6 Å². The summed E-state index contributed by atoms with van der Waals surface area (Å²) in [6.07, 6.45) is 0.968. The smallest absolute Gasteiger partial charge is 0.249 e. The molecule has 0 bridgehead atoms. The second kappa shape index (κ2) is 7.80. The largest absolute Gasteiger partial charge is 0.482 e. The second-order valence-corrected chi connectivity index (χ2v) is 9.19. The number of hydrogen-bond acceptors (Lipinski definition) is 8. The van der Waals surface area contributed by atoms with Gasteiger partial charge in [-0.3, -0.25) is 4.79 Å². The number of likely N-dealkylation sites (N-methyl/N-ethyl adjacent to an activating group) is 1. The summed E-state index contributed by atoms with van der Waals surface area (Å²) in [6.45, 7) is 1.39. The van der Waals surface area contributed by atoms with Crippen LogP contribution >= 0.6 is 11.8 Å². The maximum Gasteiger partial charge on any atom is 0.249 e. The van der Waals surface area contributed by atoms with Crippen LogP contribution in [0.1, 0.15) is 18.5 Å². The van der Waals surface area contributed by atoms with Crippen LogP contribution < -0.4 is 20.3 Å². The number of amides is 1. The monoisotopic (exact) mass is 479 g/mol. The molecule has 1 aromatic heterocycles. The van der Waals surface area contributed by atoms with Crippen LogP contribution in [-0.4, -0.2) is 52.3 Å². The predicted molar refractivity (Wildman–Crippen MR) is 117 cm³/mol. The van der Waals surface area contributed by atoms with Gasteiger partial charge in [-0.05, 0) is 12.3 Å². The molecule has 3 aliphatic rings. The predicted octanol–water partition coefficient (Wildman–Crippen LogP) is 2.93. The van der Waals surface area contributed by atoms with Crippen molar-refractivity contribution in [3.8, 4) is 5.75 Å². The molecular weight excluding hydrogens is 459 g/mol. The Hall–Kier alpha value is -2.99. The summed E-state index contributed by atoms with van der Waals surface area (Å²) in [6, 6.07) is 0.842. The highest BCUT2D eigenvalue weighted by Gasteiger charge is 2.53. The normalized spacial score (nSPS) is 25.6. The Kier molecular flexibility index (Phi) is 5.16. The van der Waals surface area contributed by atoms with Crippen LogP contribution in [-0.2, 0) is 4.79 Å². The minimum absolute atomic E-state index is 0.0773. The van der Waals surface area contributed by atoms with E-state index in [0.717, 1.165) is 17.0 Å². The Morgan fingerprint density at radius 1 is 1.30 bits per heavy atom. The molecule has 8 nitrogen and oxygen atoms in total. The first-order chi connectivity index (χ1) is 15.7. The third-order valence-electron chi connectivity index (χ3n) is 6.04. The molecule has 1 atom stereocenters. The van der Waals surface area contributed by atoms with E-state index in [1.54, 1.807) is 18.9 Å². The molecule has 0 saturated heterocycles. The van der Waals surface area contributed by atoms with Crippen LogP contribution in [0.4, 0.5) is 30.6 Å². The van der Waals surface area contributed by atoms with Crippen molar-refractivity contribution in [3.63, 3.8) is 0 Å². The number of aryl methyl sites for hydroxylation is 1. The summed E-state index contributed by atoms with van der Waals surface area (Å²) in [7, 11) is 1.68. The number of fused-ring (bicyclic) bond motifs is 1. The fourth-order valence-electron chi connectivity index (χ4n) is 4.18. The van der Waals surface area contributed by atoms with Gasteiger partial charge in [0, 0.05) is 43.0 Å². The van der Waals surface area contributed by atoms with Gasteiger partial charge in [0.25, 0.3) is 0 Å². The van der Waals surface area contributed by atoms with Gasteiger partial charge >= 0.3 is 0 Å². The van der Waals surface area contributed by atoms with E-state index in [9.17, 15) is 23.1 Å². The third-order valence-corrected chi connectivity index (χ3v) is 6.88. The molecule has 33 heavy (non-hydrogen) atoms. The van der Waals surface area contributed by atoms with Crippen LogP contribution in [0.2, 0.25) is 0 Å². The van der Waals surface area contributed by atoms with E-state index < -0.39 is 29.1 Å². The van der Waals surface area contributed by atoms with Gasteiger partial charge in [0.15, 0.2) is 23.3 Å². The molecule has 1 aliphatic carbocycles. The summed E-state index contributed by atoms with van der Waals surface area (Å²) in [5, 5.41) is 17.4. The number of thioether (sulfide) groups is 1. The zero-order chi connectivity index (χ0) is 23.5. The van der Waals surface area contributed by atoms with Crippen molar-refractivity contribution < 1.29 is 27.8 Å². The van der Waals surface area contributed by atoms with Crippen molar-refractivity contribution in [2.24, 2.45) is 0 Å². The van der Waals surface area contributed by atoms with Crippen LogP contribution in [0.5, 0.6) is 5.75 Å².